The fraction of sp³-hybridized carbons (Fsp3) is 0.533. The number of rotatable bonds is 3. The molecule has 1 aliphatic carbocycles. The topological polar surface area (TPSA) is 29.1 Å². The fourth-order valence-electron chi connectivity index (χ4n) is 2.95. The van der Waals surface area contributed by atoms with Gasteiger partial charge in [-0.25, -0.2) is 8.78 Å². The van der Waals surface area contributed by atoms with Gasteiger partial charge >= 0.3 is 0 Å². The summed E-state index contributed by atoms with van der Waals surface area (Å²) in [6.45, 7) is 2.09. The highest BCUT2D eigenvalue weighted by Gasteiger charge is 2.36. The van der Waals surface area contributed by atoms with Gasteiger partial charge in [0, 0.05) is 5.88 Å². The second kappa shape index (κ2) is 6.08. The molecule has 0 heterocycles. The molecule has 2 nitrogen and oxygen atoms in total. The molecular formula is C15H18ClF2NO. The molecule has 1 amide bonds. The third-order valence-electron chi connectivity index (χ3n) is 3.92. The Morgan fingerprint density at radius 3 is 2.65 bits per heavy atom. The lowest BCUT2D eigenvalue weighted by Crippen LogP contribution is -2.53. The Balaban J connectivity index is 2.21. The molecule has 1 aliphatic rings. The highest BCUT2D eigenvalue weighted by atomic mass is 35.5. The minimum atomic E-state index is -0.851. The molecule has 1 aromatic carbocycles. The molecule has 2 rings (SSSR count). The van der Waals surface area contributed by atoms with E-state index in [2.05, 4.69) is 12.2 Å². The number of carbonyl (C=O) groups excluding carboxylic acids is 1. The number of nitrogens with one attached hydrogen (secondary N) is 1. The van der Waals surface area contributed by atoms with Crippen LogP contribution in [0.5, 0.6) is 0 Å². The van der Waals surface area contributed by atoms with Gasteiger partial charge in [-0.2, -0.15) is 0 Å². The van der Waals surface area contributed by atoms with Gasteiger partial charge in [0.1, 0.15) is 17.2 Å². The van der Waals surface area contributed by atoms with E-state index in [9.17, 15) is 13.6 Å². The van der Waals surface area contributed by atoms with E-state index in [0.29, 0.717) is 5.92 Å². The molecule has 0 saturated heterocycles. The third kappa shape index (κ3) is 3.11. The Labute approximate surface area is 122 Å². The van der Waals surface area contributed by atoms with Crippen LogP contribution < -0.4 is 5.32 Å². The number of carbonyl (C=O) groups is 1. The average molecular weight is 302 g/mol. The van der Waals surface area contributed by atoms with E-state index in [-0.39, 0.29) is 5.88 Å². The maximum Gasteiger partial charge on any atom is 0.257 e. The lowest BCUT2D eigenvalue weighted by atomic mass is 9.77. The van der Waals surface area contributed by atoms with Crippen molar-refractivity contribution in [2.75, 3.05) is 5.88 Å². The van der Waals surface area contributed by atoms with Gasteiger partial charge < -0.3 is 5.32 Å². The zero-order valence-corrected chi connectivity index (χ0v) is 12.1. The Kier molecular flexibility index (Phi) is 4.63. The van der Waals surface area contributed by atoms with Crippen LogP contribution in [0.2, 0.25) is 0 Å². The summed E-state index contributed by atoms with van der Waals surface area (Å²) < 4.78 is 27.3. The largest absolute Gasteiger partial charge is 0.345 e. The molecule has 2 unspecified atom stereocenters. The van der Waals surface area contributed by atoms with E-state index in [1.54, 1.807) is 0 Å². The van der Waals surface area contributed by atoms with Gasteiger partial charge in [0.25, 0.3) is 5.91 Å². The molecule has 0 aliphatic heterocycles. The molecule has 0 bridgehead atoms. The summed E-state index contributed by atoms with van der Waals surface area (Å²) in [5, 5.41) is 2.76. The van der Waals surface area contributed by atoms with Crippen LogP contribution in [0.4, 0.5) is 8.78 Å². The van der Waals surface area contributed by atoms with E-state index in [1.165, 1.54) is 6.07 Å². The lowest BCUT2D eigenvalue weighted by molar-refractivity contribution is 0.0858. The zero-order chi connectivity index (χ0) is 14.8. The van der Waals surface area contributed by atoms with Crippen molar-refractivity contribution >= 4 is 17.5 Å². The molecule has 5 heteroatoms. The number of halogens is 3. The molecule has 1 N–H and O–H groups in total. The Hall–Kier alpha value is -1.16. The summed E-state index contributed by atoms with van der Waals surface area (Å²) in [5.41, 5.74) is -1.10. The molecule has 0 aromatic heterocycles. The molecule has 2 atom stereocenters. The number of benzene rings is 1. The molecule has 1 saturated carbocycles. The van der Waals surface area contributed by atoms with Crippen LogP contribution in [0.1, 0.15) is 43.0 Å². The van der Waals surface area contributed by atoms with Crippen LogP contribution in [-0.4, -0.2) is 17.3 Å². The summed E-state index contributed by atoms with van der Waals surface area (Å²) in [6.07, 6.45) is 3.51. The van der Waals surface area contributed by atoms with Gasteiger partial charge in [0.05, 0.1) is 5.54 Å². The van der Waals surface area contributed by atoms with Crippen LogP contribution >= 0.6 is 11.6 Å². The Bertz CT molecular complexity index is 488. The van der Waals surface area contributed by atoms with Crippen LogP contribution in [0, 0.1) is 17.6 Å². The first kappa shape index (κ1) is 15.2. The van der Waals surface area contributed by atoms with Crippen molar-refractivity contribution in [2.24, 2.45) is 5.92 Å². The Morgan fingerprint density at radius 2 is 2.10 bits per heavy atom. The van der Waals surface area contributed by atoms with Gasteiger partial charge in [-0.1, -0.05) is 25.8 Å². The van der Waals surface area contributed by atoms with E-state index in [0.717, 1.165) is 37.8 Å². The molecule has 1 fully saturated rings. The van der Waals surface area contributed by atoms with Gasteiger partial charge in [-0.3, -0.25) is 4.79 Å². The minimum Gasteiger partial charge on any atom is -0.345 e. The SMILES string of the molecule is CC1CCCC(CCl)(NC(=O)c2c(F)cccc2F)C1. The van der Waals surface area contributed by atoms with Crippen molar-refractivity contribution in [2.45, 2.75) is 38.1 Å². The van der Waals surface area contributed by atoms with Crippen LogP contribution in [-0.2, 0) is 0 Å². The molecule has 0 spiro atoms. The van der Waals surface area contributed by atoms with E-state index in [1.807, 2.05) is 0 Å². The number of alkyl halides is 1. The monoisotopic (exact) mass is 301 g/mol. The van der Waals surface area contributed by atoms with Gasteiger partial charge in [-0.15, -0.1) is 11.6 Å². The van der Waals surface area contributed by atoms with Gasteiger partial charge in [0.15, 0.2) is 0 Å². The van der Waals surface area contributed by atoms with Crippen LogP contribution in [0.3, 0.4) is 0 Å². The number of hydrogen-bond acceptors (Lipinski definition) is 1. The lowest BCUT2D eigenvalue weighted by Gasteiger charge is -2.39. The predicted octanol–water partition coefficient (Wildman–Crippen LogP) is 3.88. The second-order valence-electron chi connectivity index (χ2n) is 5.67. The van der Waals surface area contributed by atoms with Crippen molar-refractivity contribution in [3.8, 4) is 0 Å². The van der Waals surface area contributed by atoms with E-state index < -0.39 is 28.6 Å². The fourth-order valence-corrected chi connectivity index (χ4v) is 3.26. The summed E-state index contributed by atoms with van der Waals surface area (Å²) in [7, 11) is 0. The average Bonchev–Trinajstić information content (AvgIpc) is 2.38. The van der Waals surface area contributed by atoms with Crippen molar-refractivity contribution in [3.63, 3.8) is 0 Å². The highest BCUT2D eigenvalue weighted by molar-refractivity contribution is 6.19. The molecular weight excluding hydrogens is 284 g/mol. The predicted molar refractivity (Wildman–Crippen MR) is 74.9 cm³/mol. The van der Waals surface area contributed by atoms with Crippen molar-refractivity contribution in [1.29, 1.82) is 0 Å². The van der Waals surface area contributed by atoms with Crippen molar-refractivity contribution in [1.82, 2.24) is 5.32 Å². The maximum atomic E-state index is 13.6. The summed E-state index contributed by atoms with van der Waals surface area (Å²) in [6, 6.07) is 3.39. The zero-order valence-electron chi connectivity index (χ0n) is 11.4. The smallest absolute Gasteiger partial charge is 0.257 e. The van der Waals surface area contributed by atoms with Crippen molar-refractivity contribution < 1.29 is 13.6 Å². The normalized spacial score (nSPS) is 26.3. The molecule has 110 valence electrons. The molecule has 0 radical (unpaired) electrons. The first-order chi connectivity index (χ1) is 9.47. The summed E-state index contributed by atoms with van der Waals surface area (Å²) >= 11 is 6.01. The highest BCUT2D eigenvalue weighted by Crippen LogP contribution is 2.33. The molecule has 20 heavy (non-hydrogen) atoms. The number of amides is 1. The van der Waals surface area contributed by atoms with Gasteiger partial charge in [-0.05, 0) is 30.9 Å². The standard InChI is InChI=1S/C15H18ClF2NO/c1-10-4-3-7-15(8-10,9-16)19-14(20)13-11(17)5-2-6-12(13)18/h2,5-6,10H,3-4,7-9H2,1H3,(H,19,20). The first-order valence-electron chi connectivity index (χ1n) is 6.80. The first-order valence-corrected chi connectivity index (χ1v) is 7.33. The van der Waals surface area contributed by atoms with Crippen LogP contribution in [0.25, 0.3) is 0 Å². The van der Waals surface area contributed by atoms with E-state index in [4.69, 9.17) is 11.6 Å². The molecule has 1 aromatic rings. The van der Waals surface area contributed by atoms with Crippen molar-refractivity contribution in [3.05, 3.63) is 35.4 Å². The van der Waals surface area contributed by atoms with E-state index >= 15 is 0 Å². The second-order valence-corrected chi connectivity index (χ2v) is 5.93. The minimum absolute atomic E-state index is 0.249. The maximum absolute atomic E-state index is 13.6. The Morgan fingerprint density at radius 1 is 1.45 bits per heavy atom. The third-order valence-corrected chi connectivity index (χ3v) is 4.43. The van der Waals surface area contributed by atoms with Crippen LogP contribution in [0.15, 0.2) is 18.2 Å². The number of hydrogen-bond donors (Lipinski definition) is 1. The quantitative estimate of drug-likeness (QED) is 0.843. The van der Waals surface area contributed by atoms with Gasteiger partial charge in [0.2, 0.25) is 0 Å². The summed E-state index contributed by atoms with van der Waals surface area (Å²) in [4.78, 5) is 12.2. The summed E-state index contributed by atoms with van der Waals surface area (Å²) in [5.74, 6) is -1.74.